The summed E-state index contributed by atoms with van der Waals surface area (Å²) < 4.78 is 39.7. The fourth-order valence-corrected chi connectivity index (χ4v) is 3.12. The van der Waals surface area contributed by atoms with Crippen LogP contribution < -0.4 is 10.6 Å². The van der Waals surface area contributed by atoms with Gasteiger partial charge in [-0.05, 0) is 36.8 Å². The molecule has 2 unspecified atom stereocenters. The highest BCUT2D eigenvalue weighted by Gasteiger charge is 2.49. The summed E-state index contributed by atoms with van der Waals surface area (Å²) in [5, 5.41) is 0. The molecule has 1 aromatic carbocycles. The molecule has 0 saturated heterocycles. The van der Waals surface area contributed by atoms with E-state index in [1.165, 1.54) is 0 Å². The molecule has 0 spiro atoms. The van der Waals surface area contributed by atoms with E-state index in [0.717, 1.165) is 16.0 Å². The zero-order valence-corrected chi connectivity index (χ0v) is 10.8. The van der Waals surface area contributed by atoms with Gasteiger partial charge < -0.3 is 5.73 Å². The van der Waals surface area contributed by atoms with E-state index in [2.05, 4.69) is 0 Å². The van der Waals surface area contributed by atoms with Crippen molar-refractivity contribution in [2.24, 2.45) is 5.73 Å². The SMILES string of the molecule is NC1CCc2cccc3c2N(C1=O)C(C(F)(F)F)CC3. The first kappa shape index (κ1) is 13.4. The average molecular weight is 284 g/mol. The van der Waals surface area contributed by atoms with Gasteiger partial charge in [-0.15, -0.1) is 0 Å². The molecule has 0 saturated carbocycles. The van der Waals surface area contributed by atoms with E-state index < -0.39 is 24.2 Å². The summed E-state index contributed by atoms with van der Waals surface area (Å²) in [6.07, 6.45) is -3.26. The maximum Gasteiger partial charge on any atom is 0.409 e. The molecule has 6 heteroatoms. The lowest BCUT2D eigenvalue weighted by molar-refractivity contribution is -0.156. The zero-order valence-electron chi connectivity index (χ0n) is 10.8. The lowest BCUT2D eigenvalue weighted by Crippen LogP contribution is -2.55. The molecule has 3 rings (SSSR count). The fraction of sp³-hybridized carbons (Fsp3) is 0.500. The molecule has 2 aliphatic rings. The number of anilines is 1. The number of halogens is 3. The van der Waals surface area contributed by atoms with Gasteiger partial charge in [0.15, 0.2) is 0 Å². The highest BCUT2D eigenvalue weighted by atomic mass is 19.4. The second-order valence-electron chi connectivity index (χ2n) is 5.37. The third-order valence-corrected chi connectivity index (χ3v) is 4.10. The van der Waals surface area contributed by atoms with Crippen molar-refractivity contribution in [2.45, 2.75) is 43.9 Å². The van der Waals surface area contributed by atoms with Crippen LogP contribution in [0.5, 0.6) is 0 Å². The zero-order chi connectivity index (χ0) is 14.5. The van der Waals surface area contributed by atoms with Crippen LogP contribution in [0.4, 0.5) is 18.9 Å². The van der Waals surface area contributed by atoms with Crippen molar-refractivity contribution in [3.63, 3.8) is 0 Å². The smallest absolute Gasteiger partial charge is 0.320 e. The Morgan fingerprint density at radius 1 is 1.15 bits per heavy atom. The van der Waals surface area contributed by atoms with Crippen LogP contribution >= 0.6 is 0 Å². The van der Waals surface area contributed by atoms with Crippen molar-refractivity contribution >= 4 is 11.6 Å². The number of nitrogens with zero attached hydrogens (tertiary/aromatic N) is 1. The number of nitrogens with two attached hydrogens (primary N) is 1. The quantitative estimate of drug-likeness (QED) is 0.793. The van der Waals surface area contributed by atoms with Crippen molar-refractivity contribution < 1.29 is 18.0 Å². The van der Waals surface area contributed by atoms with E-state index in [4.69, 9.17) is 5.73 Å². The number of carbonyl (C=O) groups excluding carboxylic acids is 1. The van der Waals surface area contributed by atoms with Crippen LogP contribution in [0.25, 0.3) is 0 Å². The van der Waals surface area contributed by atoms with E-state index >= 15 is 0 Å². The molecule has 2 atom stereocenters. The van der Waals surface area contributed by atoms with Crippen molar-refractivity contribution in [3.05, 3.63) is 29.3 Å². The summed E-state index contributed by atoms with van der Waals surface area (Å²) in [4.78, 5) is 13.2. The number of aryl methyl sites for hydroxylation is 2. The molecule has 108 valence electrons. The molecule has 2 aliphatic heterocycles. The van der Waals surface area contributed by atoms with Crippen molar-refractivity contribution in [2.75, 3.05) is 4.90 Å². The van der Waals surface area contributed by atoms with Gasteiger partial charge in [-0.2, -0.15) is 13.2 Å². The highest BCUT2D eigenvalue weighted by molar-refractivity contribution is 6.00. The molecule has 20 heavy (non-hydrogen) atoms. The van der Waals surface area contributed by atoms with Gasteiger partial charge in [0.2, 0.25) is 5.91 Å². The standard InChI is InChI=1S/C14H15F3N2O/c15-14(16,17)11-7-5-9-3-1-2-8-4-6-10(18)13(20)19(11)12(8)9/h1-3,10-11H,4-7,18H2. The molecule has 0 bridgehead atoms. The monoisotopic (exact) mass is 284 g/mol. The van der Waals surface area contributed by atoms with Crippen LogP contribution in [0.1, 0.15) is 24.0 Å². The van der Waals surface area contributed by atoms with Gasteiger partial charge >= 0.3 is 6.18 Å². The van der Waals surface area contributed by atoms with Gasteiger partial charge in [0.25, 0.3) is 0 Å². The van der Waals surface area contributed by atoms with E-state index in [0.29, 0.717) is 24.9 Å². The van der Waals surface area contributed by atoms with Crippen molar-refractivity contribution in [1.29, 1.82) is 0 Å². The second-order valence-corrected chi connectivity index (χ2v) is 5.37. The van der Waals surface area contributed by atoms with E-state index in [-0.39, 0.29) is 6.42 Å². The summed E-state index contributed by atoms with van der Waals surface area (Å²) in [7, 11) is 0. The highest BCUT2D eigenvalue weighted by Crippen LogP contribution is 2.42. The Balaban J connectivity index is 2.17. The fourth-order valence-electron chi connectivity index (χ4n) is 3.12. The first-order chi connectivity index (χ1) is 9.39. The maximum absolute atomic E-state index is 13.2. The molecule has 0 aromatic heterocycles. The molecule has 1 amide bonds. The van der Waals surface area contributed by atoms with Gasteiger partial charge in [-0.1, -0.05) is 18.2 Å². The first-order valence-corrected chi connectivity index (χ1v) is 6.65. The largest absolute Gasteiger partial charge is 0.409 e. The number of amides is 1. The Morgan fingerprint density at radius 3 is 2.35 bits per heavy atom. The van der Waals surface area contributed by atoms with Crippen molar-refractivity contribution in [1.82, 2.24) is 0 Å². The molecule has 3 nitrogen and oxygen atoms in total. The summed E-state index contributed by atoms with van der Waals surface area (Å²) >= 11 is 0. The number of carbonyl (C=O) groups is 1. The molecular weight excluding hydrogens is 269 g/mol. The number of hydrogen-bond acceptors (Lipinski definition) is 2. The topological polar surface area (TPSA) is 46.3 Å². The Bertz CT molecular complexity index is 556. The molecule has 2 heterocycles. The van der Waals surface area contributed by atoms with Gasteiger partial charge in [0.05, 0.1) is 11.7 Å². The average Bonchev–Trinajstić information content (AvgIpc) is 2.52. The van der Waals surface area contributed by atoms with Crippen LogP contribution in [-0.2, 0) is 17.6 Å². The lowest BCUT2D eigenvalue weighted by Gasteiger charge is -2.39. The molecule has 0 fully saturated rings. The minimum Gasteiger partial charge on any atom is -0.320 e. The Kier molecular flexibility index (Phi) is 3.01. The van der Waals surface area contributed by atoms with Crippen LogP contribution in [-0.4, -0.2) is 24.2 Å². The summed E-state index contributed by atoms with van der Waals surface area (Å²) in [5.41, 5.74) is 7.79. The summed E-state index contributed by atoms with van der Waals surface area (Å²) in [5.74, 6) is -0.613. The normalized spacial score (nSPS) is 26.2. The maximum atomic E-state index is 13.2. The Hall–Kier alpha value is -1.56. The number of hydrogen-bond donors (Lipinski definition) is 1. The van der Waals surface area contributed by atoms with Gasteiger partial charge in [-0.25, -0.2) is 0 Å². The summed E-state index contributed by atoms with van der Waals surface area (Å²) in [6.45, 7) is 0. The lowest BCUT2D eigenvalue weighted by atomic mass is 9.92. The van der Waals surface area contributed by atoms with E-state index in [1.807, 2.05) is 6.07 Å². The van der Waals surface area contributed by atoms with E-state index in [1.54, 1.807) is 12.1 Å². The third-order valence-electron chi connectivity index (χ3n) is 4.10. The number of alkyl halides is 3. The molecule has 0 aliphatic carbocycles. The van der Waals surface area contributed by atoms with Gasteiger partial charge in [-0.3, -0.25) is 9.69 Å². The van der Waals surface area contributed by atoms with Crippen LogP contribution in [0, 0.1) is 0 Å². The minimum atomic E-state index is -4.43. The Labute approximate surface area is 114 Å². The second kappa shape index (κ2) is 4.48. The minimum absolute atomic E-state index is 0.0988. The van der Waals surface area contributed by atoms with E-state index in [9.17, 15) is 18.0 Å². The number of para-hydroxylation sites is 1. The van der Waals surface area contributed by atoms with Crippen LogP contribution in [0.2, 0.25) is 0 Å². The van der Waals surface area contributed by atoms with Gasteiger partial charge in [0, 0.05) is 0 Å². The van der Waals surface area contributed by atoms with Crippen LogP contribution in [0.15, 0.2) is 18.2 Å². The predicted molar refractivity (Wildman–Crippen MR) is 68.4 cm³/mol. The number of rotatable bonds is 0. The molecule has 1 aromatic rings. The van der Waals surface area contributed by atoms with Crippen molar-refractivity contribution in [3.8, 4) is 0 Å². The van der Waals surface area contributed by atoms with Gasteiger partial charge in [0.1, 0.15) is 6.04 Å². The summed E-state index contributed by atoms with van der Waals surface area (Å²) in [6, 6.07) is 2.80. The first-order valence-electron chi connectivity index (χ1n) is 6.65. The molecule has 2 N–H and O–H groups in total. The number of benzene rings is 1. The predicted octanol–water partition coefficient (Wildman–Crippen LogP) is 2.17. The molecular formula is C14H15F3N2O. The third kappa shape index (κ3) is 1.98. The Morgan fingerprint density at radius 2 is 1.75 bits per heavy atom. The molecule has 0 radical (unpaired) electrons. The van der Waals surface area contributed by atoms with Crippen LogP contribution in [0.3, 0.4) is 0 Å².